The number of hydrogen-bond acceptors (Lipinski definition) is 7. The summed E-state index contributed by atoms with van der Waals surface area (Å²) in [5.74, 6) is -0.0947. The highest BCUT2D eigenvalue weighted by atomic mass is 16.7. The minimum atomic E-state index is -0.693. The molecule has 1 heterocycles. The van der Waals surface area contributed by atoms with E-state index < -0.39 is 5.79 Å². The maximum absolute atomic E-state index is 12.3. The Bertz CT molecular complexity index is 822. The molecule has 34 heavy (non-hydrogen) atoms. The first-order valence-electron chi connectivity index (χ1n) is 13.3. The van der Waals surface area contributed by atoms with Crippen LogP contribution >= 0.6 is 0 Å². The fraction of sp³-hybridized carbons (Fsp3) is 0.926. The standard InChI is InChI=1S/C27H42O7/c1-15(28)33-21-13-17-12-18(30)8-9-25(17,3)20-14-23(34-16(2)29)26(4)19(24(20)21)6-7-22(26)27(5)31-10-11-32-27/h17-24,30H,6-14H2,1-5H3/t17-,18+,19-,20-,21+,22-,23-,24-,25-,26-/m0/s1. The maximum Gasteiger partial charge on any atom is 0.302 e. The summed E-state index contributed by atoms with van der Waals surface area (Å²) in [5.41, 5.74) is -0.301. The number of hydrogen-bond donors (Lipinski definition) is 1. The lowest BCUT2D eigenvalue weighted by molar-refractivity contribution is -0.257. The first-order valence-corrected chi connectivity index (χ1v) is 13.3. The van der Waals surface area contributed by atoms with Crippen LogP contribution < -0.4 is 0 Å². The molecule has 5 fully saturated rings. The third kappa shape index (κ3) is 3.64. The molecule has 5 rings (SSSR count). The van der Waals surface area contributed by atoms with Gasteiger partial charge in [0.25, 0.3) is 0 Å². The molecular weight excluding hydrogens is 436 g/mol. The van der Waals surface area contributed by atoms with Crippen molar-refractivity contribution < 1.29 is 33.6 Å². The van der Waals surface area contributed by atoms with Gasteiger partial charge in [0.05, 0.1) is 19.3 Å². The van der Waals surface area contributed by atoms with Gasteiger partial charge in [-0.1, -0.05) is 13.8 Å². The summed E-state index contributed by atoms with van der Waals surface area (Å²) >= 11 is 0. The molecule has 4 saturated carbocycles. The number of esters is 2. The molecule has 0 aromatic rings. The summed E-state index contributed by atoms with van der Waals surface area (Å²) in [4.78, 5) is 24.6. The number of carbonyl (C=O) groups is 2. The van der Waals surface area contributed by atoms with Crippen LogP contribution in [0.15, 0.2) is 0 Å². The Morgan fingerprint density at radius 2 is 1.56 bits per heavy atom. The van der Waals surface area contributed by atoms with Gasteiger partial charge in [-0.15, -0.1) is 0 Å². The summed E-state index contributed by atoms with van der Waals surface area (Å²) in [7, 11) is 0. The van der Waals surface area contributed by atoms with E-state index in [-0.39, 0.29) is 64.8 Å². The topological polar surface area (TPSA) is 91.3 Å². The number of carbonyl (C=O) groups excluding carboxylic acids is 2. The third-order valence-electron chi connectivity index (χ3n) is 10.8. The summed E-state index contributed by atoms with van der Waals surface area (Å²) in [5, 5.41) is 10.5. The Balaban J connectivity index is 1.58. The minimum absolute atomic E-state index is 0.0304. The Morgan fingerprint density at radius 1 is 0.882 bits per heavy atom. The summed E-state index contributed by atoms with van der Waals surface area (Å²) < 4.78 is 24.5. The van der Waals surface area contributed by atoms with Crippen LogP contribution in [-0.4, -0.2) is 54.4 Å². The lowest BCUT2D eigenvalue weighted by atomic mass is 9.43. The maximum atomic E-state index is 12.3. The van der Waals surface area contributed by atoms with E-state index in [1.54, 1.807) is 0 Å². The minimum Gasteiger partial charge on any atom is -0.462 e. The highest BCUT2D eigenvalue weighted by molar-refractivity contribution is 5.66. The molecule has 0 unspecified atom stereocenters. The van der Waals surface area contributed by atoms with Crippen molar-refractivity contribution in [3.05, 3.63) is 0 Å². The van der Waals surface area contributed by atoms with E-state index in [4.69, 9.17) is 18.9 Å². The van der Waals surface area contributed by atoms with E-state index in [9.17, 15) is 14.7 Å². The van der Waals surface area contributed by atoms with E-state index in [1.807, 2.05) is 6.92 Å². The molecule has 4 aliphatic carbocycles. The van der Waals surface area contributed by atoms with E-state index >= 15 is 0 Å². The first kappa shape index (κ1) is 24.5. The summed E-state index contributed by atoms with van der Waals surface area (Å²) in [6, 6.07) is 0. The molecule has 0 spiro atoms. The molecule has 0 aromatic heterocycles. The lowest BCUT2D eigenvalue weighted by Crippen LogP contribution is -2.64. The van der Waals surface area contributed by atoms with Gasteiger partial charge in [-0.25, -0.2) is 0 Å². The molecule has 192 valence electrons. The molecule has 7 heteroatoms. The predicted octanol–water partition coefficient (Wildman–Crippen LogP) is 3.85. The van der Waals surface area contributed by atoms with Gasteiger partial charge in [0.1, 0.15) is 12.2 Å². The second-order valence-corrected chi connectivity index (χ2v) is 12.3. The van der Waals surface area contributed by atoms with E-state index in [2.05, 4.69) is 13.8 Å². The molecule has 1 aliphatic heterocycles. The van der Waals surface area contributed by atoms with Gasteiger partial charge in [-0.05, 0) is 75.0 Å². The number of fused-ring (bicyclic) bond motifs is 5. The molecule has 1 N–H and O–H groups in total. The number of rotatable bonds is 3. The van der Waals surface area contributed by atoms with Crippen LogP contribution in [0.25, 0.3) is 0 Å². The van der Waals surface area contributed by atoms with Gasteiger partial charge in [-0.3, -0.25) is 9.59 Å². The molecular formula is C27H42O7. The van der Waals surface area contributed by atoms with Crippen LogP contribution in [0.3, 0.4) is 0 Å². The molecule has 7 nitrogen and oxygen atoms in total. The van der Waals surface area contributed by atoms with E-state index in [1.165, 1.54) is 13.8 Å². The highest BCUT2D eigenvalue weighted by Crippen LogP contribution is 2.69. The van der Waals surface area contributed by atoms with Crippen molar-refractivity contribution in [1.29, 1.82) is 0 Å². The quantitative estimate of drug-likeness (QED) is 0.616. The van der Waals surface area contributed by atoms with Crippen LogP contribution in [0.1, 0.15) is 79.6 Å². The van der Waals surface area contributed by atoms with Crippen molar-refractivity contribution >= 4 is 11.9 Å². The molecule has 0 radical (unpaired) electrons. The number of ether oxygens (including phenoxy) is 4. The Kier molecular flexibility index (Phi) is 6.09. The van der Waals surface area contributed by atoms with Crippen molar-refractivity contribution in [2.24, 2.45) is 40.4 Å². The largest absolute Gasteiger partial charge is 0.462 e. The third-order valence-corrected chi connectivity index (χ3v) is 10.8. The van der Waals surface area contributed by atoms with Gasteiger partial charge in [0.2, 0.25) is 0 Å². The molecule has 0 aromatic carbocycles. The van der Waals surface area contributed by atoms with Crippen molar-refractivity contribution in [3.63, 3.8) is 0 Å². The van der Waals surface area contributed by atoms with Crippen LogP contribution in [0.2, 0.25) is 0 Å². The fourth-order valence-corrected chi connectivity index (χ4v) is 9.41. The normalized spacial score (nSPS) is 49.5. The van der Waals surface area contributed by atoms with Crippen molar-refractivity contribution in [2.45, 2.75) is 104 Å². The highest BCUT2D eigenvalue weighted by Gasteiger charge is 2.70. The first-order chi connectivity index (χ1) is 16.0. The van der Waals surface area contributed by atoms with Crippen molar-refractivity contribution in [3.8, 4) is 0 Å². The molecule has 0 amide bonds. The van der Waals surface area contributed by atoms with Crippen molar-refractivity contribution in [2.75, 3.05) is 13.2 Å². The number of aliphatic hydroxyl groups is 1. The van der Waals surface area contributed by atoms with Gasteiger partial charge >= 0.3 is 11.9 Å². The summed E-state index contributed by atoms with van der Waals surface area (Å²) in [6.45, 7) is 10.8. The molecule has 1 saturated heterocycles. The Morgan fingerprint density at radius 3 is 2.21 bits per heavy atom. The monoisotopic (exact) mass is 478 g/mol. The van der Waals surface area contributed by atoms with Gasteiger partial charge in [-0.2, -0.15) is 0 Å². The van der Waals surface area contributed by atoms with Crippen LogP contribution in [0, 0.1) is 40.4 Å². The molecule has 10 atom stereocenters. The van der Waals surface area contributed by atoms with Gasteiger partial charge in [0, 0.05) is 31.1 Å². The SMILES string of the molecule is CC(=O)O[C@H]1C[C@H]2[C@@H]([C@H](OC(C)=O)C[C@@H]3C[C@H](O)CC[C@@]32C)[C@@H]2CC[C@H](C3(C)OCCO3)[C@@]12C. The fourth-order valence-electron chi connectivity index (χ4n) is 9.41. The zero-order chi connectivity index (χ0) is 24.5. The van der Waals surface area contributed by atoms with Crippen LogP contribution in [0.5, 0.6) is 0 Å². The lowest BCUT2D eigenvalue weighted by Gasteiger charge is -2.64. The predicted molar refractivity (Wildman–Crippen MR) is 123 cm³/mol. The van der Waals surface area contributed by atoms with Gasteiger partial charge < -0.3 is 24.1 Å². The van der Waals surface area contributed by atoms with E-state index in [0.29, 0.717) is 19.1 Å². The summed E-state index contributed by atoms with van der Waals surface area (Å²) in [6.07, 6.45) is 5.26. The number of aliphatic hydroxyl groups excluding tert-OH is 1. The zero-order valence-electron chi connectivity index (χ0n) is 21.4. The van der Waals surface area contributed by atoms with E-state index in [0.717, 1.165) is 44.9 Å². The average Bonchev–Trinajstić information content (AvgIpc) is 3.34. The van der Waals surface area contributed by atoms with Crippen LogP contribution in [0.4, 0.5) is 0 Å². The molecule has 5 aliphatic rings. The second-order valence-electron chi connectivity index (χ2n) is 12.3. The smallest absolute Gasteiger partial charge is 0.302 e. The van der Waals surface area contributed by atoms with Gasteiger partial charge in [0.15, 0.2) is 5.79 Å². The zero-order valence-corrected chi connectivity index (χ0v) is 21.4. The van der Waals surface area contributed by atoms with Crippen molar-refractivity contribution in [1.82, 2.24) is 0 Å². The Hall–Kier alpha value is -1.18. The van der Waals surface area contributed by atoms with Crippen LogP contribution in [-0.2, 0) is 28.5 Å². The molecule has 0 bridgehead atoms. The second kappa shape index (κ2) is 8.45. The Labute approximate surface area is 203 Å². The average molecular weight is 479 g/mol.